The zero-order chi connectivity index (χ0) is 30.5. The van der Waals surface area contributed by atoms with Crippen LogP contribution in [0, 0.1) is 5.92 Å². The van der Waals surface area contributed by atoms with Crippen LogP contribution < -0.4 is 0 Å². The van der Waals surface area contributed by atoms with E-state index in [1.54, 1.807) is 0 Å². The molecule has 230 valence electrons. The Morgan fingerprint density at radius 3 is 1.44 bits per heavy atom. The number of imide groups is 1. The SMILES string of the molecule is CC(C)[Si](CCC[C@@H]1C[C@H](CCC[Si](C(C)C)(C(C)C)C(C)C)N(C(=O)OC(C)(C)C)C1=O)(C(C)C)C(C)C. The zero-order valence-corrected chi connectivity index (χ0v) is 30.7. The van der Waals surface area contributed by atoms with E-state index in [-0.39, 0.29) is 17.9 Å². The highest BCUT2D eigenvalue weighted by Crippen LogP contribution is 2.47. The number of carbonyl (C=O) groups is 2. The molecule has 1 aliphatic heterocycles. The smallest absolute Gasteiger partial charge is 0.417 e. The maximum atomic E-state index is 13.7. The molecule has 6 heteroatoms. The van der Waals surface area contributed by atoms with E-state index in [9.17, 15) is 9.59 Å². The molecular formula is C33H67NO3Si2. The quantitative estimate of drug-likeness (QED) is 0.192. The number of hydrogen-bond donors (Lipinski definition) is 0. The van der Waals surface area contributed by atoms with Crippen molar-refractivity contribution in [3.05, 3.63) is 0 Å². The number of amides is 2. The molecule has 1 heterocycles. The van der Waals surface area contributed by atoms with Crippen molar-refractivity contribution in [3.8, 4) is 0 Å². The van der Waals surface area contributed by atoms with Gasteiger partial charge in [0.05, 0.1) is 16.1 Å². The number of hydrogen-bond acceptors (Lipinski definition) is 3. The van der Waals surface area contributed by atoms with E-state index in [0.29, 0.717) is 0 Å². The lowest BCUT2D eigenvalue weighted by molar-refractivity contribution is -0.131. The summed E-state index contributed by atoms with van der Waals surface area (Å²) in [6, 6.07) is 2.51. The first-order valence-corrected chi connectivity index (χ1v) is 21.2. The molecular weight excluding hydrogens is 515 g/mol. The minimum atomic E-state index is -1.51. The summed E-state index contributed by atoms with van der Waals surface area (Å²) < 4.78 is 5.77. The maximum Gasteiger partial charge on any atom is 0.417 e. The van der Waals surface area contributed by atoms with E-state index in [0.717, 1.165) is 65.4 Å². The molecule has 0 spiro atoms. The first kappa shape index (κ1) is 36.4. The minimum absolute atomic E-state index is 0.0141. The van der Waals surface area contributed by atoms with Crippen molar-refractivity contribution in [2.24, 2.45) is 5.92 Å². The van der Waals surface area contributed by atoms with Crippen molar-refractivity contribution in [1.29, 1.82) is 0 Å². The molecule has 2 atom stereocenters. The van der Waals surface area contributed by atoms with Gasteiger partial charge in [0.2, 0.25) is 5.91 Å². The van der Waals surface area contributed by atoms with E-state index in [4.69, 9.17) is 4.74 Å². The van der Waals surface area contributed by atoms with Crippen molar-refractivity contribution >= 4 is 28.1 Å². The lowest BCUT2D eigenvalue weighted by Gasteiger charge is -2.43. The van der Waals surface area contributed by atoms with Crippen molar-refractivity contribution in [1.82, 2.24) is 4.90 Å². The van der Waals surface area contributed by atoms with E-state index in [1.807, 2.05) is 20.8 Å². The molecule has 0 bridgehead atoms. The Labute approximate surface area is 245 Å². The molecule has 0 N–H and O–H groups in total. The third kappa shape index (κ3) is 8.45. The summed E-state index contributed by atoms with van der Waals surface area (Å²) >= 11 is 0. The van der Waals surface area contributed by atoms with E-state index in [2.05, 4.69) is 83.1 Å². The van der Waals surface area contributed by atoms with Gasteiger partial charge < -0.3 is 4.74 Å². The highest BCUT2D eigenvalue weighted by Gasteiger charge is 2.47. The Bertz CT molecular complexity index is 739. The Morgan fingerprint density at radius 2 is 1.10 bits per heavy atom. The molecule has 1 saturated heterocycles. The third-order valence-corrected chi connectivity index (χ3v) is 26.2. The fourth-order valence-electron chi connectivity index (χ4n) is 8.98. The van der Waals surface area contributed by atoms with Crippen LogP contribution in [0.5, 0.6) is 0 Å². The number of rotatable bonds is 14. The molecule has 0 aliphatic carbocycles. The zero-order valence-electron chi connectivity index (χ0n) is 28.7. The first-order valence-electron chi connectivity index (χ1n) is 16.3. The molecule has 4 nitrogen and oxygen atoms in total. The van der Waals surface area contributed by atoms with Crippen molar-refractivity contribution in [2.75, 3.05) is 0 Å². The third-order valence-electron chi connectivity index (χ3n) is 10.9. The number of likely N-dealkylation sites (tertiary alicyclic amines) is 1. The first-order chi connectivity index (χ1) is 17.8. The molecule has 2 amide bonds. The van der Waals surface area contributed by atoms with Crippen LogP contribution >= 0.6 is 0 Å². The number of ether oxygens (including phenoxy) is 1. The summed E-state index contributed by atoms with van der Waals surface area (Å²) in [4.78, 5) is 28.6. The van der Waals surface area contributed by atoms with Crippen LogP contribution in [-0.4, -0.2) is 44.7 Å². The van der Waals surface area contributed by atoms with Gasteiger partial charge in [0, 0.05) is 12.0 Å². The predicted molar refractivity (Wildman–Crippen MR) is 175 cm³/mol. The van der Waals surface area contributed by atoms with Crippen LogP contribution in [0.4, 0.5) is 4.79 Å². The van der Waals surface area contributed by atoms with Crippen LogP contribution in [0.25, 0.3) is 0 Å². The topological polar surface area (TPSA) is 46.6 Å². The Kier molecular flexibility index (Phi) is 13.5. The van der Waals surface area contributed by atoms with Gasteiger partial charge in [-0.2, -0.15) is 0 Å². The molecule has 0 radical (unpaired) electrons. The normalized spacial score (nSPS) is 19.6. The second-order valence-electron chi connectivity index (χ2n) is 15.7. The van der Waals surface area contributed by atoms with Crippen LogP contribution in [0.1, 0.15) is 136 Å². The average molecular weight is 582 g/mol. The molecule has 39 heavy (non-hydrogen) atoms. The summed E-state index contributed by atoms with van der Waals surface area (Å²) in [6.07, 6.45) is 4.36. The predicted octanol–water partition coefficient (Wildman–Crippen LogP) is 11.1. The standard InChI is InChI=1S/C33H67NO3Si2/c1-23(2)38(24(3)4,25(5)6)20-16-18-29-22-30(34(31(29)35)32(36)37-33(13,14)15)19-17-21-39(26(7)8,27(9)10)28(11)12/h23-30H,16-22H2,1-15H3/t29-,30+/m1/s1. The van der Waals surface area contributed by atoms with E-state index >= 15 is 0 Å². The largest absolute Gasteiger partial charge is 0.443 e. The van der Waals surface area contributed by atoms with Crippen LogP contribution in [-0.2, 0) is 9.53 Å². The number of carbonyl (C=O) groups excluding carboxylic acids is 2. The Balaban J connectivity index is 3.11. The fraction of sp³-hybridized carbons (Fsp3) is 0.939. The molecule has 0 aromatic carbocycles. The van der Waals surface area contributed by atoms with Gasteiger partial charge in [0.25, 0.3) is 0 Å². The van der Waals surface area contributed by atoms with Gasteiger partial charge >= 0.3 is 6.09 Å². The summed E-state index contributed by atoms with van der Waals surface area (Å²) in [7, 11) is -3.01. The highest BCUT2D eigenvalue weighted by molar-refractivity contribution is 6.84. The molecule has 1 fully saturated rings. The minimum Gasteiger partial charge on any atom is -0.443 e. The summed E-state index contributed by atoms with van der Waals surface area (Å²) in [6.45, 7) is 34.7. The molecule has 0 aromatic heterocycles. The Hall–Kier alpha value is -0.626. The summed E-state index contributed by atoms with van der Waals surface area (Å²) in [5.41, 5.74) is 3.77. The lowest BCUT2D eigenvalue weighted by Crippen LogP contribution is -2.45. The Morgan fingerprint density at radius 1 is 0.744 bits per heavy atom. The van der Waals surface area contributed by atoms with Gasteiger partial charge in [-0.25, -0.2) is 9.69 Å². The van der Waals surface area contributed by atoms with Gasteiger partial charge in [-0.1, -0.05) is 141 Å². The maximum absolute atomic E-state index is 13.7. The van der Waals surface area contributed by atoms with Gasteiger partial charge in [-0.05, 0) is 40.0 Å². The summed E-state index contributed by atoms with van der Waals surface area (Å²) in [5.74, 6) is -0.0387. The van der Waals surface area contributed by atoms with Gasteiger partial charge in [-0.15, -0.1) is 0 Å². The van der Waals surface area contributed by atoms with Crippen LogP contribution in [0.15, 0.2) is 0 Å². The second-order valence-corrected chi connectivity index (χ2v) is 28.1. The van der Waals surface area contributed by atoms with Crippen molar-refractivity contribution < 1.29 is 14.3 Å². The van der Waals surface area contributed by atoms with Crippen LogP contribution in [0.3, 0.4) is 0 Å². The van der Waals surface area contributed by atoms with Gasteiger partial charge in [0.15, 0.2) is 0 Å². The molecule has 1 rings (SSSR count). The van der Waals surface area contributed by atoms with Crippen LogP contribution in [0.2, 0.25) is 45.3 Å². The second kappa shape index (κ2) is 14.5. The molecule has 0 unspecified atom stereocenters. The molecule has 0 aromatic rings. The fourth-order valence-corrected chi connectivity index (χ4v) is 22.1. The van der Waals surface area contributed by atoms with Crippen molar-refractivity contribution in [3.63, 3.8) is 0 Å². The van der Waals surface area contributed by atoms with E-state index in [1.165, 1.54) is 17.0 Å². The molecule has 1 aliphatic rings. The number of nitrogens with zero attached hydrogens (tertiary/aromatic N) is 1. The van der Waals surface area contributed by atoms with Crippen molar-refractivity contribution in [2.45, 2.75) is 193 Å². The highest BCUT2D eigenvalue weighted by atomic mass is 28.3. The van der Waals surface area contributed by atoms with Gasteiger partial charge in [0.1, 0.15) is 5.60 Å². The van der Waals surface area contributed by atoms with Gasteiger partial charge in [-0.3, -0.25) is 4.79 Å². The average Bonchev–Trinajstić information content (AvgIpc) is 3.06. The monoisotopic (exact) mass is 581 g/mol. The molecule has 0 saturated carbocycles. The lowest BCUT2D eigenvalue weighted by atomic mass is 9.98. The van der Waals surface area contributed by atoms with E-state index < -0.39 is 27.8 Å². The summed E-state index contributed by atoms with van der Waals surface area (Å²) in [5, 5.41) is 0.